The lowest BCUT2D eigenvalue weighted by molar-refractivity contribution is 0.111. The van der Waals surface area contributed by atoms with Crippen molar-refractivity contribution in [2.24, 2.45) is 10.9 Å². The van der Waals surface area contributed by atoms with E-state index in [-0.39, 0.29) is 23.5 Å². The van der Waals surface area contributed by atoms with Gasteiger partial charge in [-0.25, -0.2) is 30.0 Å². The average molecular weight is 1050 g/mol. The Bertz CT molecular complexity index is 3190. The number of nitrogens with zero attached hydrogens (tertiary/aromatic N) is 9. The average Bonchev–Trinajstić information content (AvgIpc) is 3.48. The molecule has 0 bridgehead atoms. The van der Waals surface area contributed by atoms with Crippen LogP contribution in [0.15, 0.2) is 151 Å². The number of hydrogen-bond donors (Lipinski definition) is 7. The minimum atomic E-state index is -0.479. The highest BCUT2D eigenvalue weighted by atomic mass is 19.1. The van der Waals surface area contributed by atoms with Gasteiger partial charge in [0.15, 0.2) is 29.6 Å². The quantitative estimate of drug-likeness (QED) is 0.0195. The Morgan fingerprint density at radius 2 is 0.948 bits per heavy atom. The summed E-state index contributed by atoms with van der Waals surface area (Å²) in [5, 5.41) is 17.5. The number of carbonyl (C=O) groups is 1. The molecule has 8 aromatic rings. The van der Waals surface area contributed by atoms with Crippen molar-refractivity contribution in [2.45, 2.75) is 0 Å². The lowest BCUT2D eigenvalue weighted by atomic mass is 10.2. The van der Waals surface area contributed by atoms with Crippen LogP contribution in [0.3, 0.4) is 0 Å². The number of ether oxygens (including phenoxy) is 4. The van der Waals surface area contributed by atoms with Crippen molar-refractivity contribution in [1.29, 1.82) is 0 Å². The molecule has 0 unspecified atom stereocenters. The third-order valence-electron chi connectivity index (χ3n) is 11.3. The third-order valence-corrected chi connectivity index (χ3v) is 11.3. The Labute approximate surface area is 442 Å². The van der Waals surface area contributed by atoms with Crippen LogP contribution in [0.4, 0.5) is 77.8 Å². The highest BCUT2D eigenvalue weighted by molar-refractivity contribution is 5.78. The molecule has 10 rings (SSSR count). The van der Waals surface area contributed by atoms with Crippen molar-refractivity contribution in [3.8, 4) is 11.5 Å². The van der Waals surface area contributed by atoms with E-state index in [2.05, 4.69) is 67.1 Å². The molecule has 0 spiro atoms. The first-order valence-corrected chi connectivity index (χ1v) is 24.1. The zero-order valence-corrected chi connectivity index (χ0v) is 42.1. The smallest absolute Gasteiger partial charge is 0.245 e. The van der Waals surface area contributed by atoms with E-state index >= 15 is 0 Å². The molecular weight excluding hydrogens is 991 g/mol. The van der Waals surface area contributed by atoms with Gasteiger partial charge in [0, 0.05) is 72.4 Å². The van der Waals surface area contributed by atoms with Crippen molar-refractivity contribution in [3.63, 3.8) is 0 Å². The largest absolute Gasteiger partial charge is 0.497 e. The molecule has 8 N–H and O–H groups in total. The number of aromatic nitrogens is 6. The van der Waals surface area contributed by atoms with Crippen LogP contribution in [0.1, 0.15) is 16.2 Å². The molecule has 2 aliphatic rings. The van der Waals surface area contributed by atoms with Gasteiger partial charge < -0.3 is 50.0 Å². The number of benzene rings is 4. The van der Waals surface area contributed by atoms with E-state index < -0.39 is 11.6 Å². The van der Waals surface area contributed by atoms with Crippen LogP contribution in [0.2, 0.25) is 0 Å². The number of anilines is 12. The molecule has 0 amide bonds. The molecule has 2 fully saturated rings. The number of nitrogens with two attached hydrogens (primary N) is 1. The maximum Gasteiger partial charge on any atom is 0.245 e. The molecule has 2 aliphatic heterocycles. The van der Waals surface area contributed by atoms with E-state index in [0.717, 1.165) is 75.7 Å². The van der Waals surface area contributed by atoms with Crippen molar-refractivity contribution in [2.75, 3.05) is 109 Å². The second-order valence-electron chi connectivity index (χ2n) is 16.6. The summed E-state index contributed by atoms with van der Waals surface area (Å²) >= 11 is 0. The predicted octanol–water partition coefficient (Wildman–Crippen LogP) is 8.92. The predicted molar refractivity (Wildman–Crippen MR) is 295 cm³/mol. The fourth-order valence-corrected chi connectivity index (χ4v) is 7.51. The van der Waals surface area contributed by atoms with Gasteiger partial charge in [0.05, 0.1) is 88.7 Å². The maximum atomic E-state index is 14.2. The number of nitrogens with one attached hydrogen (secondary N) is 6. The van der Waals surface area contributed by atoms with Gasteiger partial charge in [-0.15, -0.1) is 0 Å². The number of pyridine rings is 2. The van der Waals surface area contributed by atoms with Gasteiger partial charge in [0.2, 0.25) is 11.9 Å². The van der Waals surface area contributed by atoms with Crippen molar-refractivity contribution >= 4 is 81.5 Å². The molecule has 4 aromatic heterocycles. The molecule has 396 valence electrons. The molecule has 21 nitrogen and oxygen atoms in total. The van der Waals surface area contributed by atoms with Crippen LogP contribution < -0.4 is 57.2 Å². The Hall–Kier alpha value is -9.58. The van der Waals surface area contributed by atoms with Crippen LogP contribution >= 0.6 is 0 Å². The molecule has 4 aromatic carbocycles. The topological polar surface area (TPSA) is 248 Å². The van der Waals surface area contributed by atoms with E-state index in [9.17, 15) is 13.6 Å². The van der Waals surface area contributed by atoms with E-state index in [4.69, 9.17) is 24.8 Å². The molecule has 0 saturated carbocycles. The second kappa shape index (κ2) is 27.6. The highest BCUT2D eigenvalue weighted by Crippen LogP contribution is 2.27. The molecule has 6 heterocycles. The number of halogens is 2. The Kier molecular flexibility index (Phi) is 19.3. The summed E-state index contributed by atoms with van der Waals surface area (Å²) in [5.74, 6) is 6.73. The molecule has 2 saturated heterocycles. The number of aldehydes is 1. The number of methoxy groups -OCH3 is 2. The maximum absolute atomic E-state index is 14.2. The van der Waals surface area contributed by atoms with Gasteiger partial charge >= 0.3 is 0 Å². The zero-order chi connectivity index (χ0) is 53.6. The Morgan fingerprint density at radius 1 is 0.532 bits per heavy atom. The lowest BCUT2D eigenvalue weighted by Crippen LogP contribution is -2.37. The minimum Gasteiger partial charge on any atom is -0.497 e. The number of morpholine rings is 2. The van der Waals surface area contributed by atoms with Crippen molar-refractivity contribution in [3.05, 3.63) is 169 Å². The summed E-state index contributed by atoms with van der Waals surface area (Å²) in [6.45, 7) is 4.62. The van der Waals surface area contributed by atoms with Gasteiger partial charge in [0.25, 0.3) is 0 Å². The molecule has 23 heteroatoms. The first kappa shape index (κ1) is 53.7. The molecular formula is C54H56F2N16O5. The van der Waals surface area contributed by atoms with Crippen molar-refractivity contribution < 1.29 is 32.5 Å². The number of nitrogen functional groups attached to an aromatic ring is 1. The fraction of sp³-hybridized carbons (Fsp3) is 0.185. The normalized spacial score (nSPS) is 12.9. The first-order valence-electron chi connectivity index (χ1n) is 24.1. The summed E-state index contributed by atoms with van der Waals surface area (Å²) < 4.78 is 48.6. The van der Waals surface area contributed by atoms with Crippen LogP contribution in [0.25, 0.3) is 0 Å². The van der Waals surface area contributed by atoms with Gasteiger partial charge in [-0.3, -0.25) is 20.2 Å². The number of hydrogen-bond acceptors (Lipinski definition) is 21. The Balaban J connectivity index is 0.000000170. The summed E-state index contributed by atoms with van der Waals surface area (Å²) in [6.07, 6.45) is 7.86. The Morgan fingerprint density at radius 3 is 1.38 bits per heavy atom. The summed E-state index contributed by atoms with van der Waals surface area (Å²) in [6, 6.07) is 38.6. The molecule has 0 atom stereocenters. The van der Waals surface area contributed by atoms with E-state index in [1.165, 1.54) is 0 Å². The SMILES string of the molecule is COc1cccc(Nc2cccc(Nc3ccc(/C=N/Nc4ncc(F)c(N5CCOCC5)n4)nc3)c2)c1.COc1cccc(Nc2cccc(Nc3ccc(C=O)nc3)c2)c1.NNc1ncc(F)c(N2CCOCC2)n1. The number of hydrazine groups is 1. The number of rotatable bonds is 17. The standard InChI is InChI=1S/C27H27FN8O2.C19H17N3O2.C8H12FN5O/c1-37-24-7-3-6-21(15-24)32-19-4-2-5-20(14-19)33-23-9-8-22(29-16-23)17-31-35-27-30-18-25(28)26(34-27)36-10-12-38-13-11-36;1-24-19-7-3-6-16(11-19)21-14-4-2-5-15(10-14)22-17-8-9-18(13-23)20-12-17;9-6-5-11-8(13-10)12-7(6)14-1-3-15-4-2-14/h2-9,14-18,32-33H,10-13H2,1H3,(H,30,34,35);2-13,21-22H,1H3;5H,1-4,10H2,(H,11,12,13)/b31-17+;;. The minimum absolute atomic E-state index is 0.199. The summed E-state index contributed by atoms with van der Waals surface area (Å²) in [4.78, 5) is 38.6. The van der Waals surface area contributed by atoms with Gasteiger partial charge in [-0.1, -0.05) is 24.3 Å². The van der Waals surface area contributed by atoms with Crippen molar-refractivity contribution in [1.82, 2.24) is 29.9 Å². The molecule has 0 radical (unpaired) electrons. The second-order valence-corrected chi connectivity index (χ2v) is 16.6. The van der Waals surface area contributed by atoms with E-state index in [0.29, 0.717) is 64.0 Å². The van der Waals surface area contributed by atoms with E-state index in [1.54, 1.807) is 43.8 Å². The molecule has 0 aliphatic carbocycles. The highest BCUT2D eigenvalue weighted by Gasteiger charge is 2.19. The first-order chi connectivity index (χ1) is 37.7. The fourth-order valence-electron chi connectivity index (χ4n) is 7.51. The zero-order valence-electron chi connectivity index (χ0n) is 42.1. The van der Waals surface area contributed by atoms with E-state index in [1.807, 2.05) is 120 Å². The van der Waals surface area contributed by atoms with Gasteiger partial charge in [0.1, 0.15) is 17.2 Å². The van der Waals surface area contributed by atoms with Gasteiger partial charge in [-0.2, -0.15) is 15.1 Å². The summed E-state index contributed by atoms with van der Waals surface area (Å²) in [5.41, 5.74) is 13.3. The number of hydrazone groups is 1. The van der Waals surface area contributed by atoms with Crippen LogP contribution in [-0.2, 0) is 9.47 Å². The lowest BCUT2D eigenvalue weighted by Gasteiger charge is -2.27. The third kappa shape index (κ3) is 16.2. The van der Waals surface area contributed by atoms with Crippen LogP contribution in [-0.4, -0.2) is 109 Å². The van der Waals surface area contributed by atoms with Crippen LogP contribution in [0, 0.1) is 11.6 Å². The van der Waals surface area contributed by atoms with Gasteiger partial charge in [-0.05, 0) is 84.9 Å². The monoisotopic (exact) mass is 1050 g/mol. The molecule has 77 heavy (non-hydrogen) atoms. The number of carbonyl (C=O) groups excluding carboxylic acids is 1. The summed E-state index contributed by atoms with van der Waals surface area (Å²) in [7, 11) is 3.29. The van der Waals surface area contributed by atoms with Crippen LogP contribution in [0.5, 0.6) is 11.5 Å².